The molecule has 12 nitrogen and oxygen atoms in total. The van der Waals surface area contributed by atoms with Crippen LogP contribution in [0, 0.1) is 5.92 Å². The van der Waals surface area contributed by atoms with Crippen molar-refractivity contribution in [1.29, 1.82) is 0 Å². The van der Waals surface area contributed by atoms with Gasteiger partial charge in [-0.05, 0) is 48.2 Å². The number of aromatic nitrogens is 1. The number of methoxy groups -OCH3 is 1. The van der Waals surface area contributed by atoms with Crippen molar-refractivity contribution in [2.24, 2.45) is 11.7 Å². The quantitative estimate of drug-likeness (QED) is 0.226. The van der Waals surface area contributed by atoms with Crippen LogP contribution in [0.4, 0.5) is 5.69 Å². The van der Waals surface area contributed by atoms with Crippen molar-refractivity contribution in [2.45, 2.75) is 51.2 Å². The number of fused-ring (bicyclic) bond motifs is 1. The number of carboxylic acid groups (broad SMARTS) is 1. The lowest BCUT2D eigenvalue weighted by Crippen LogP contribution is -2.45. The van der Waals surface area contributed by atoms with Crippen molar-refractivity contribution in [1.82, 2.24) is 9.47 Å². The van der Waals surface area contributed by atoms with Crippen LogP contribution >= 0.6 is 0 Å². The van der Waals surface area contributed by atoms with E-state index in [-0.39, 0.29) is 50.5 Å². The van der Waals surface area contributed by atoms with Crippen molar-refractivity contribution < 1.29 is 39.1 Å². The van der Waals surface area contributed by atoms with E-state index < -0.39 is 23.8 Å². The second-order valence-electron chi connectivity index (χ2n) is 11.2. The molecular weight excluding hydrogens is 568 g/mol. The highest BCUT2D eigenvalue weighted by molar-refractivity contribution is 5.95. The standard InChI is InChI=1S/C32H40N4O8/c1-3-4-11-35(22-7-5-6-20(13-22)16-33)29(39)18-34-17-23(21-14-25(42-2)31-26(15-21)43-19-44-31)30(32(40)41)24(34)10-12-36-27(37)8-9-28(36)38/h5-9,13-15,23-24,30,37-38H,3-4,10-12,16-19,33H2,1-2H3,(H,40,41)/t23-,24+,30-/m1/s1. The number of carbonyl (C=O) groups is 2. The molecule has 3 atom stereocenters. The summed E-state index contributed by atoms with van der Waals surface area (Å²) in [7, 11) is 1.51. The summed E-state index contributed by atoms with van der Waals surface area (Å²) in [5.74, 6) is -1.45. The Hall–Kier alpha value is -4.42. The number of rotatable bonds is 13. The molecule has 2 aromatic carbocycles. The Bertz CT molecular complexity index is 1470. The summed E-state index contributed by atoms with van der Waals surface area (Å²) in [4.78, 5) is 30.6. The molecule has 3 heterocycles. The van der Waals surface area contributed by atoms with Crippen LogP contribution < -0.4 is 24.8 Å². The van der Waals surface area contributed by atoms with E-state index in [0.717, 1.165) is 24.1 Å². The third-order valence-corrected chi connectivity index (χ3v) is 8.56. The van der Waals surface area contributed by atoms with E-state index in [1.807, 2.05) is 29.2 Å². The molecular formula is C32H40N4O8. The van der Waals surface area contributed by atoms with E-state index in [9.17, 15) is 24.9 Å². The van der Waals surface area contributed by atoms with E-state index in [2.05, 4.69) is 6.92 Å². The van der Waals surface area contributed by atoms with Gasteiger partial charge >= 0.3 is 5.97 Å². The topological polar surface area (TPSA) is 160 Å². The highest BCUT2D eigenvalue weighted by atomic mass is 16.7. The van der Waals surface area contributed by atoms with Gasteiger partial charge in [-0.2, -0.15) is 0 Å². The van der Waals surface area contributed by atoms with Gasteiger partial charge in [0.2, 0.25) is 18.4 Å². The minimum Gasteiger partial charge on any atom is -0.494 e. The average molecular weight is 609 g/mol. The number of nitrogens with two attached hydrogens (primary N) is 1. The summed E-state index contributed by atoms with van der Waals surface area (Å²) in [5.41, 5.74) is 8.23. The molecule has 12 heteroatoms. The number of hydrogen-bond donors (Lipinski definition) is 4. The number of unbranched alkanes of at least 4 members (excludes halogenated alkanes) is 1. The SMILES string of the molecule is CCCCN(C(=O)CN1C[C@H](c2cc(OC)c3c(c2)OCO3)[C@@H](C(=O)O)[C@@H]1CCn1c(O)ccc1O)c1cccc(CN)c1. The highest BCUT2D eigenvalue weighted by Gasteiger charge is 2.47. The van der Waals surface area contributed by atoms with Gasteiger partial charge in [0.15, 0.2) is 23.3 Å². The van der Waals surface area contributed by atoms with Crippen LogP contribution in [0.15, 0.2) is 48.5 Å². The van der Waals surface area contributed by atoms with Gasteiger partial charge in [0.1, 0.15) is 0 Å². The van der Waals surface area contributed by atoms with E-state index in [1.54, 1.807) is 17.0 Å². The van der Waals surface area contributed by atoms with E-state index in [4.69, 9.17) is 19.9 Å². The monoisotopic (exact) mass is 608 g/mol. The number of likely N-dealkylation sites (tertiary alicyclic amines) is 1. The number of anilines is 1. The molecule has 5 N–H and O–H groups in total. The van der Waals surface area contributed by atoms with Crippen LogP contribution in [0.1, 0.15) is 43.2 Å². The maximum atomic E-state index is 14.0. The van der Waals surface area contributed by atoms with Crippen LogP contribution in [-0.2, 0) is 22.7 Å². The van der Waals surface area contributed by atoms with Crippen molar-refractivity contribution in [3.8, 4) is 29.0 Å². The van der Waals surface area contributed by atoms with Gasteiger partial charge in [-0.25, -0.2) is 0 Å². The first-order valence-corrected chi connectivity index (χ1v) is 14.9. The molecule has 2 aliphatic rings. The molecule has 236 valence electrons. The number of benzene rings is 2. The zero-order valence-electron chi connectivity index (χ0n) is 25.0. The van der Waals surface area contributed by atoms with Gasteiger partial charge in [-0.3, -0.25) is 19.1 Å². The second kappa shape index (κ2) is 13.5. The maximum Gasteiger partial charge on any atom is 0.308 e. The summed E-state index contributed by atoms with van der Waals surface area (Å²) in [6, 6.07) is 13.3. The fourth-order valence-electron chi connectivity index (χ4n) is 6.32. The number of carbonyl (C=O) groups excluding carboxylic acids is 1. The lowest BCUT2D eigenvalue weighted by atomic mass is 9.84. The summed E-state index contributed by atoms with van der Waals surface area (Å²) >= 11 is 0. The molecule has 44 heavy (non-hydrogen) atoms. The van der Waals surface area contributed by atoms with Gasteiger partial charge in [0.05, 0.1) is 19.6 Å². The summed E-state index contributed by atoms with van der Waals surface area (Å²) < 4.78 is 18.0. The molecule has 0 aliphatic carbocycles. The third-order valence-electron chi connectivity index (χ3n) is 8.56. The molecule has 0 unspecified atom stereocenters. The normalized spacial score (nSPS) is 19.3. The van der Waals surface area contributed by atoms with Gasteiger partial charge in [-0.15, -0.1) is 0 Å². The zero-order chi connectivity index (χ0) is 31.4. The summed E-state index contributed by atoms with van der Waals surface area (Å²) in [5, 5.41) is 31.1. The molecule has 3 aromatic rings. The first-order chi connectivity index (χ1) is 21.2. The second-order valence-corrected chi connectivity index (χ2v) is 11.2. The Labute approximate surface area is 256 Å². The minimum atomic E-state index is -1.01. The number of aliphatic carboxylic acids is 1. The smallest absolute Gasteiger partial charge is 0.308 e. The van der Waals surface area contributed by atoms with Crippen molar-refractivity contribution in [2.75, 3.05) is 38.4 Å². The number of carboxylic acids is 1. The fraction of sp³-hybridized carbons (Fsp3) is 0.438. The van der Waals surface area contributed by atoms with Crippen molar-refractivity contribution in [3.63, 3.8) is 0 Å². The van der Waals surface area contributed by atoms with Crippen LogP contribution in [0.2, 0.25) is 0 Å². The molecule has 1 aromatic heterocycles. The lowest BCUT2D eigenvalue weighted by molar-refractivity contribution is -0.143. The number of ether oxygens (including phenoxy) is 3. The molecule has 1 fully saturated rings. The Balaban J connectivity index is 1.49. The van der Waals surface area contributed by atoms with Crippen LogP contribution in [0.5, 0.6) is 29.0 Å². The predicted octanol–water partition coefficient (Wildman–Crippen LogP) is 3.49. The first kappa shape index (κ1) is 31.0. The summed E-state index contributed by atoms with van der Waals surface area (Å²) in [6.07, 6.45) is 1.95. The van der Waals surface area contributed by atoms with Gasteiger partial charge < -0.3 is 40.2 Å². The molecule has 1 saturated heterocycles. The number of amides is 1. The molecule has 0 spiro atoms. The zero-order valence-corrected chi connectivity index (χ0v) is 25.0. The molecule has 2 aliphatic heterocycles. The molecule has 5 rings (SSSR count). The van der Waals surface area contributed by atoms with Crippen molar-refractivity contribution >= 4 is 17.6 Å². The molecule has 0 bridgehead atoms. The maximum absolute atomic E-state index is 14.0. The largest absolute Gasteiger partial charge is 0.494 e. The van der Waals surface area contributed by atoms with E-state index in [0.29, 0.717) is 35.9 Å². The van der Waals surface area contributed by atoms with Crippen LogP contribution in [0.25, 0.3) is 0 Å². The number of aromatic hydroxyl groups is 2. The average Bonchev–Trinajstić information content (AvgIpc) is 3.73. The van der Waals surface area contributed by atoms with Gasteiger partial charge in [0.25, 0.3) is 0 Å². The number of hydrogen-bond acceptors (Lipinski definition) is 9. The summed E-state index contributed by atoms with van der Waals surface area (Å²) in [6.45, 7) is 3.36. The van der Waals surface area contributed by atoms with Gasteiger partial charge in [0, 0.05) is 56.0 Å². The van der Waals surface area contributed by atoms with E-state index >= 15 is 0 Å². The lowest BCUT2D eigenvalue weighted by Gasteiger charge is -2.30. The Morgan fingerprint density at radius 3 is 2.57 bits per heavy atom. The highest BCUT2D eigenvalue weighted by Crippen LogP contribution is 2.47. The third kappa shape index (κ3) is 6.27. The Morgan fingerprint density at radius 2 is 1.89 bits per heavy atom. The van der Waals surface area contributed by atoms with Crippen LogP contribution in [-0.4, -0.2) is 76.2 Å². The first-order valence-electron chi connectivity index (χ1n) is 14.9. The molecule has 0 radical (unpaired) electrons. The van der Waals surface area contributed by atoms with E-state index in [1.165, 1.54) is 23.8 Å². The Morgan fingerprint density at radius 1 is 1.11 bits per heavy atom. The minimum absolute atomic E-state index is 0.0210. The fourth-order valence-corrected chi connectivity index (χ4v) is 6.32. The van der Waals surface area contributed by atoms with Crippen LogP contribution in [0.3, 0.4) is 0 Å². The van der Waals surface area contributed by atoms with Gasteiger partial charge in [-0.1, -0.05) is 25.5 Å². The predicted molar refractivity (Wildman–Crippen MR) is 162 cm³/mol. The Kier molecular flexibility index (Phi) is 9.50. The molecule has 1 amide bonds. The molecule has 0 saturated carbocycles. The van der Waals surface area contributed by atoms with Crippen molar-refractivity contribution in [3.05, 3.63) is 59.7 Å². The number of nitrogens with zero attached hydrogens (tertiary/aromatic N) is 3.